The lowest BCUT2D eigenvalue weighted by atomic mass is 10.0. The van der Waals surface area contributed by atoms with E-state index in [0.717, 1.165) is 18.4 Å². The number of unbranched alkanes of at least 4 members (excludes halogenated alkanes) is 4. The SMILES string of the molecule is CCCCCCCc1ccccc1O[PH](=O)O. The summed E-state index contributed by atoms with van der Waals surface area (Å²) in [4.78, 5) is 8.80. The van der Waals surface area contributed by atoms with E-state index < -0.39 is 8.25 Å². The fraction of sp³-hybridized carbons (Fsp3) is 0.538. The summed E-state index contributed by atoms with van der Waals surface area (Å²) < 4.78 is 15.6. The molecule has 1 rings (SSSR count). The first-order valence-electron chi connectivity index (χ1n) is 6.22. The Labute approximate surface area is 104 Å². The zero-order valence-corrected chi connectivity index (χ0v) is 11.3. The molecular formula is C13H21O3P. The van der Waals surface area contributed by atoms with Crippen LogP contribution in [0.3, 0.4) is 0 Å². The Hall–Kier alpha value is -0.790. The van der Waals surface area contributed by atoms with Crippen LogP contribution in [0.5, 0.6) is 5.75 Å². The fourth-order valence-corrected chi connectivity index (χ4v) is 2.21. The number of hydrogen-bond donors (Lipinski definition) is 1. The summed E-state index contributed by atoms with van der Waals surface area (Å²) in [5, 5.41) is 0. The zero-order valence-electron chi connectivity index (χ0n) is 10.3. The molecule has 0 bridgehead atoms. The minimum absolute atomic E-state index is 0.550. The Morgan fingerprint density at radius 3 is 2.59 bits per heavy atom. The van der Waals surface area contributed by atoms with Gasteiger partial charge in [0, 0.05) is 0 Å². The van der Waals surface area contributed by atoms with E-state index in [1.165, 1.54) is 25.7 Å². The molecule has 3 nitrogen and oxygen atoms in total. The van der Waals surface area contributed by atoms with E-state index in [0.29, 0.717) is 5.75 Å². The van der Waals surface area contributed by atoms with Gasteiger partial charge in [-0.25, -0.2) is 4.57 Å². The molecule has 0 amide bonds. The van der Waals surface area contributed by atoms with Crippen molar-refractivity contribution in [2.75, 3.05) is 0 Å². The van der Waals surface area contributed by atoms with E-state index in [-0.39, 0.29) is 0 Å². The summed E-state index contributed by atoms with van der Waals surface area (Å²) in [5.74, 6) is 0.550. The van der Waals surface area contributed by atoms with Crippen LogP contribution in [0.1, 0.15) is 44.6 Å². The van der Waals surface area contributed by atoms with Crippen molar-refractivity contribution in [3.63, 3.8) is 0 Å². The van der Waals surface area contributed by atoms with Crippen LogP contribution >= 0.6 is 8.25 Å². The third-order valence-corrected chi connectivity index (χ3v) is 3.11. The summed E-state index contributed by atoms with van der Waals surface area (Å²) in [6, 6.07) is 7.46. The van der Waals surface area contributed by atoms with Crippen LogP contribution in [0.4, 0.5) is 0 Å². The Kier molecular flexibility index (Phi) is 6.99. The molecule has 1 N–H and O–H groups in total. The van der Waals surface area contributed by atoms with Gasteiger partial charge in [0.15, 0.2) is 0 Å². The summed E-state index contributed by atoms with van der Waals surface area (Å²) in [5.41, 5.74) is 1.02. The Morgan fingerprint density at radius 2 is 1.88 bits per heavy atom. The number of aryl methyl sites for hydroxylation is 1. The third-order valence-electron chi connectivity index (χ3n) is 2.72. The lowest BCUT2D eigenvalue weighted by Gasteiger charge is -2.08. The van der Waals surface area contributed by atoms with Crippen molar-refractivity contribution in [1.82, 2.24) is 0 Å². The first-order valence-corrected chi connectivity index (χ1v) is 7.49. The van der Waals surface area contributed by atoms with Crippen LogP contribution in [-0.4, -0.2) is 4.89 Å². The van der Waals surface area contributed by atoms with Gasteiger partial charge < -0.3 is 9.42 Å². The van der Waals surface area contributed by atoms with Gasteiger partial charge in [-0.2, -0.15) is 0 Å². The number of para-hydroxylation sites is 1. The van der Waals surface area contributed by atoms with Gasteiger partial charge in [0.1, 0.15) is 5.75 Å². The third kappa shape index (κ3) is 5.90. The molecule has 1 aromatic rings. The van der Waals surface area contributed by atoms with Crippen LogP contribution < -0.4 is 4.52 Å². The highest BCUT2D eigenvalue weighted by molar-refractivity contribution is 7.32. The normalized spacial score (nSPS) is 12.4. The van der Waals surface area contributed by atoms with Crippen molar-refractivity contribution in [1.29, 1.82) is 0 Å². The Bertz CT molecular complexity index is 352. The van der Waals surface area contributed by atoms with E-state index in [9.17, 15) is 4.57 Å². The molecule has 0 aliphatic heterocycles. The fourth-order valence-electron chi connectivity index (χ4n) is 1.82. The van der Waals surface area contributed by atoms with Gasteiger partial charge in [-0.15, -0.1) is 0 Å². The molecule has 1 aromatic carbocycles. The van der Waals surface area contributed by atoms with Crippen molar-refractivity contribution >= 4 is 8.25 Å². The maximum Gasteiger partial charge on any atom is 0.365 e. The molecule has 0 fully saturated rings. The van der Waals surface area contributed by atoms with Crippen molar-refractivity contribution in [2.45, 2.75) is 45.4 Å². The second kappa shape index (κ2) is 8.32. The van der Waals surface area contributed by atoms with E-state index in [4.69, 9.17) is 9.42 Å². The molecule has 0 aliphatic rings. The molecule has 0 radical (unpaired) electrons. The molecule has 4 heteroatoms. The monoisotopic (exact) mass is 256 g/mol. The Morgan fingerprint density at radius 1 is 1.18 bits per heavy atom. The number of benzene rings is 1. The van der Waals surface area contributed by atoms with Gasteiger partial charge in [0.25, 0.3) is 0 Å². The smallest absolute Gasteiger partial charge is 0.365 e. The number of hydrogen-bond acceptors (Lipinski definition) is 2. The quantitative estimate of drug-likeness (QED) is 0.565. The van der Waals surface area contributed by atoms with Crippen LogP contribution in [0, 0.1) is 0 Å². The van der Waals surface area contributed by atoms with E-state index >= 15 is 0 Å². The maximum atomic E-state index is 10.7. The van der Waals surface area contributed by atoms with E-state index in [1.54, 1.807) is 6.07 Å². The van der Waals surface area contributed by atoms with Crippen molar-refractivity contribution < 1.29 is 14.0 Å². The van der Waals surface area contributed by atoms with Crippen LogP contribution in [0.2, 0.25) is 0 Å². The lowest BCUT2D eigenvalue weighted by Crippen LogP contribution is -1.91. The second-order valence-electron chi connectivity index (χ2n) is 4.14. The predicted octanol–water partition coefficient (Wildman–Crippen LogP) is 3.96. The molecule has 0 heterocycles. The highest BCUT2D eigenvalue weighted by Gasteiger charge is 2.04. The van der Waals surface area contributed by atoms with E-state index in [1.807, 2.05) is 18.2 Å². The molecule has 17 heavy (non-hydrogen) atoms. The van der Waals surface area contributed by atoms with Gasteiger partial charge in [0.2, 0.25) is 0 Å². The van der Waals surface area contributed by atoms with Gasteiger partial charge in [-0.3, -0.25) is 0 Å². The van der Waals surface area contributed by atoms with Gasteiger partial charge in [-0.05, 0) is 24.5 Å². The number of rotatable bonds is 8. The molecule has 0 saturated heterocycles. The molecular weight excluding hydrogens is 235 g/mol. The van der Waals surface area contributed by atoms with Gasteiger partial charge in [0.05, 0.1) is 0 Å². The topological polar surface area (TPSA) is 46.5 Å². The second-order valence-corrected chi connectivity index (χ2v) is 4.88. The highest BCUT2D eigenvalue weighted by atomic mass is 31.1. The predicted molar refractivity (Wildman–Crippen MR) is 70.8 cm³/mol. The first kappa shape index (κ1) is 14.3. The largest absolute Gasteiger partial charge is 0.426 e. The molecule has 96 valence electrons. The summed E-state index contributed by atoms with van der Waals surface area (Å²) >= 11 is 0. The minimum atomic E-state index is -2.90. The van der Waals surface area contributed by atoms with Gasteiger partial charge >= 0.3 is 8.25 Å². The van der Waals surface area contributed by atoms with Crippen molar-refractivity contribution in [3.05, 3.63) is 29.8 Å². The minimum Gasteiger partial charge on any atom is -0.426 e. The molecule has 0 aliphatic carbocycles. The Balaban J connectivity index is 2.43. The van der Waals surface area contributed by atoms with Crippen molar-refractivity contribution in [2.24, 2.45) is 0 Å². The average molecular weight is 256 g/mol. The highest BCUT2D eigenvalue weighted by Crippen LogP contribution is 2.27. The zero-order chi connectivity index (χ0) is 12.5. The molecule has 0 aromatic heterocycles. The maximum absolute atomic E-state index is 10.7. The van der Waals surface area contributed by atoms with E-state index in [2.05, 4.69) is 6.92 Å². The standard InChI is InChI=1S/C13H21O3P/c1-2-3-4-5-6-9-12-10-7-8-11-13(12)16-17(14)15/h7-8,10-11,17H,2-6,9H2,1H3,(H,14,15). The lowest BCUT2D eigenvalue weighted by molar-refractivity contribution is 0.408. The summed E-state index contributed by atoms with van der Waals surface area (Å²) in [6.07, 6.45) is 7.00. The van der Waals surface area contributed by atoms with Crippen LogP contribution in [0.15, 0.2) is 24.3 Å². The summed E-state index contributed by atoms with van der Waals surface area (Å²) in [7, 11) is -2.90. The van der Waals surface area contributed by atoms with Crippen molar-refractivity contribution in [3.8, 4) is 5.75 Å². The van der Waals surface area contributed by atoms with Gasteiger partial charge in [-0.1, -0.05) is 50.8 Å². The van der Waals surface area contributed by atoms with Crippen LogP contribution in [-0.2, 0) is 11.0 Å². The molecule has 0 saturated carbocycles. The molecule has 1 atom stereocenters. The average Bonchev–Trinajstić information content (AvgIpc) is 2.30. The molecule has 1 unspecified atom stereocenters. The molecule has 0 spiro atoms. The first-order chi connectivity index (χ1) is 8.24. The van der Waals surface area contributed by atoms with Crippen LogP contribution in [0.25, 0.3) is 0 Å². The summed E-state index contributed by atoms with van der Waals surface area (Å²) in [6.45, 7) is 2.20.